The second-order valence-corrected chi connectivity index (χ2v) is 5.23. The Kier molecular flexibility index (Phi) is 2.74. The minimum atomic E-state index is 0.555. The van der Waals surface area contributed by atoms with Crippen molar-refractivity contribution in [1.29, 1.82) is 0 Å². The first kappa shape index (κ1) is 6.47. The van der Waals surface area contributed by atoms with E-state index in [1.165, 1.54) is 19.3 Å². The molecule has 1 heteroatoms. The average molecular weight is 132 g/mol. The van der Waals surface area contributed by atoms with Gasteiger partial charge < -0.3 is 0 Å². The molecule has 1 rings (SSSR count). The lowest BCUT2D eigenvalue weighted by Gasteiger charge is -2.10. The summed E-state index contributed by atoms with van der Waals surface area (Å²) in [5, 5.41) is 0. The van der Waals surface area contributed by atoms with Crippen LogP contribution in [0.2, 0.25) is 0 Å². The highest BCUT2D eigenvalue weighted by molar-refractivity contribution is 8.17. The average Bonchev–Trinajstić information content (AvgIpc) is 2.19. The molecule has 1 heterocycles. The zero-order chi connectivity index (χ0) is 5.82. The SMILES string of the molecule is CCC[SH]1CCCC1. The second-order valence-electron chi connectivity index (χ2n) is 2.55. The van der Waals surface area contributed by atoms with Gasteiger partial charge in [-0.3, -0.25) is 10.9 Å². The van der Waals surface area contributed by atoms with Gasteiger partial charge >= 0.3 is 0 Å². The number of hydrogen-bond acceptors (Lipinski definition) is 0. The van der Waals surface area contributed by atoms with Crippen molar-refractivity contribution in [2.75, 3.05) is 17.3 Å². The lowest BCUT2D eigenvalue weighted by molar-refractivity contribution is 0.949. The minimum absolute atomic E-state index is 0.555. The molecule has 0 aromatic carbocycles. The summed E-state index contributed by atoms with van der Waals surface area (Å²) in [6.45, 7) is 2.31. The topological polar surface area (TPSA) is 0 Å². The van der Waals surface area contributed by atoms with E-state index in [1.54, 1.807) is 17.3 Å². The molecular formula is C7H16S. The van der Waals surface area contributed by atoms with Crippen molar-refractivity contribution < 1.29 is 0 Å². The fourth-order valence-electron chi connectivity index (χ4n) is 1.32. The van der Waals surface area contributed by atoms with E-state index < -0.39 is 0 Å². The predicted octanol–water partition coefficient (Wildman–Crippen LogP) is 2.19. The van der Waals surface area contributed by atoms with Crippen LogP contribution < -0.4 is 0 Å². The minimum Gasteiger partial charge on any atom is -0.253 e. The maximum Gasteiger partial charge on any atom is -0.0253 e. The van der Waals surface area contributed by atoms with E-state index in [9.17, 15) is 0 Å². The molecule has 0 nitrogen and oxygen atoms in total. The van der Waals surface area contributed by atoms with Crippen LogP contribution in [0.15, 0.2) is 0 Å². The standard InChI is InChI=1S/C7H16S/c1-2-5-8-6-3-4-7-8/h8H,2-7H2,1H3. The number of thiol groups is 1. The molecule has 1 saturated heterocycles. The van der Waals surface area contributed by atoms with E-state index in [4.69, 9.17) is 0 Å². The van der Waals surface area contributed by atoms with Gasteiger partial charge in [-0.25, -0.2) is 0 Å². The summed E-state index contributed by atoms with van der Waals surface area (Å²) in [5.41, 5.74) is 0. The molecule has 1 aliphatic heterocycles. The zero-order valence-electron chi connectivity index (χ0n) is 5.69. The van der Waals surface area contributed by atoms with Crippen LogP contribution in [0.25, 0.3) is 0 Å². The van der Waals surface area contributed by atoms with Gasteiger partial charge in [-0.15, -0.1) is 0 Å². The smallest absolute Gasteiger partial charge is 0.0253 e. The molecule has 0 bridgehead atoms. The first-order valence-electron chi connectivity index (χ1n) is 3.66. The van der Waals surface area contributed by atoms with Gasteiger partial charge in [0.15, 0.2) is 0 Å². The molecule has 1 aliphatic rings. The van der Waals surface area contributed by atoms with Crippen molar-refractivity contribution in [2.24, 2.45) is 0 Å². The summed E-state index contributed by atoms with van der Waals surface area (Å²) < 4.78 is 0. The van der Waals surface area contributed by atoms with Crippen molar-refractivity contribution in [3.63, 3.8) is 0 Å². The first-order chi connectivity index (χ1) is 3.93. The van der Waals surface area contributed by atoms with Gasteiger partial charge in [0.1, 0.15) is 0 Å². The second kappa shape index (κ2) is 3.39. The Morgan fingerprint density at radius 3 is 2.38 bits per heavy atom. The molecule has 8 heavy (non-hydrogen) atoms. The summed E-state index contributed by atoms with van der Waals surface area (Å²) in [6.07, 6.45) is 4.49. The van der Waals surface area contributed by atoms with Gasteiger partial charge in [0.05, 0.1) is 0 Å². The van der Waals surface area contributed by atoms with Crippen LogP contribution in [-0.2, 0) is 0 Å². The van der Waals surface area contributed by atoms with E-state index in [1.807, 2.05) is 0 Å². The van der Waals surface area contributed by atoms with Crippen LogP contribution in [0, 0.1) is 0 Å². The van der Waals surface area contributed by atoms with E-state index in [0.29, 0.717) is 10.9 Å². The fraction of sp³-hybridized carbons (Fsp3) is 1.00. The molecule has 1 fully saturated rings. The Morgan fingerprint density at radius 2 is 1.88 bits per heavy atom. The highest BCUT2D eigenvalue weighted by Gasteiger charge is 2.08. The van der Waals surface area contributed by atoms with Crippen molar-refractivity contribution in [1.82, 2.24) is 0 Å². The van der Waals surface area contributed by atoms with Gasteiger partial charge in [-0.05, 0) is 36.5 Å². The maximum atomic E-state index is 2.31. The molecule has 0 aromatic rings. The summed E-state index contributed by atoms with van der Waals surface area (Å²) in [4.78, 5) is 0. The van der Waals surface area contributed by atoms with E-state index in [2.05, 4.69) is 6.92 Å². The fourth-order valence-corrected chi connectivity index (χ4v) is 3.97. The van der Waals surface area contributed by atoms with Gasteiger partial charge in [0.2, 0.25) is 0 Å². The molecule has 0 aliphatic carbocycles. The molecular weight excluding hydrogens is 116 g/mol. The van der Waals surface area contributed by atoms with Crippen LogP contribution >= 0.6 is 10.9 Å². The third-order valence-corrected chi connectivity index (χ3v) is 4.72. The largest absolute Gasteiger partial charge is 0.253 e. The normalized spacial score (nSPS) is 24.4. The van der Waals surface area contributed by atoms with Crippen molar-refractivity contribution in [3.8, 4) is 0 Å². The van der Waals surface area contributed by atoms with Gasteiger partial charge in [0, 0.05) is 0 Å². The van der Waals surface area contributed by atoms with Crippen molar-refractivity contribution in [3.05, 3.63) is 0 Å². The highest BCUT2D eigenvalue weighted by Crippen LogP contribution is 2.34. The van der Waals surface area contributed by atoms with Crippen molar-refractivity contribution >= 4 is 10.9 Å². The predicted molar refractivity (Wildman–Crippen MR) is 43.1 cm³/mol. The van der Waals surface area contributed by atoms with E-state index in [0.717, 1.165) is 0 Å². The molecule has 0 N–H and O–H groups in total. The van der Waals surface area contributed by atoms with Crippen molar-refractivity contribution in [2.45, 2.75) is 26.2 Å². The molecule has 0 amide bonds. The zero-order valence-corrected chi connectivity index (χ0v) is 6.58. The molecule has 0 aromatic heterocycles. The lowest BCUT2D eigenvalue weighted by atomic mass is 10.4. The summed E-state index contributed by atoms with van der Waals surface area (Å²) in [5.74, 6) is 4.72. The Labute approximate surface area is 55.0 Å². The molecule has 0 saturated carbocycles. The lowest BCUT2D eigenvalue weighted by Crippen LogP contribution is -1.86. The molecule has 0 unspecified atom stereocenters. The van der Waals surface area contributed by atoms with E-state index >= 15 is 0 Å². The van der Waals surface area contributed by atoms with Gasteiger partial charge in [-0.1, -0.05) is 6.92 Å². The molecule has 0 atom stereocenters. The summed E-state index contributed by atoms with van der Waals surface area (Å²) in [7, 11) is 0.555. The highest BCUT2D eigenvalue weighted by atomic mass is 32.2. The van der Waals surface area contributed by atoms with Crippen LogP contribution in [0.5, 0.6) is 0 Å². The first-order valence-corrected chi connectivity index (χ1v) is 5.55. The third kappa shape index (κ3) is 1.70. The quantitative estimate of drug-likeness (QED) is 0.547. The Hall–Kier alpha value is 0.350. The van der Waals surface area contributed by atoms with E-state index in [-0.39, 0.29) is 0 Å². The Bertz CT molecular complexity index is 55.4. The van der Waals surface area contributed by atoms with Crippen LogP contribution in [0.4, 0.5) is 0 Å². The molecule has 50 valence electrons. The van der Waals surface area contributed by atoms with Crippen LogP contribution in [-0.4, -0.2) is 17.3 Å². The van der Waals surface area contributed by atoms with Gasteiger partial charge in [0.25, 0.3) is 0 Å². The number of rotatable bonds is 2. The Balaban J connectivity index is 2.06. The Morgan fingerprint density at radius 1 is 1.25 bits per heavy atom. The van der Waals surface area contributed by atoms with Gasteiger partial charge in [-0.2, -0.15) is 0 Å². The summed E-state index contributed by atoms with van der Waals surface area (Å²) >= 11 is 0. The maximum absolute atomic E-state index is 2.31. The number of hydrogen-bond donors (Lipinski definition) is 1. The van der Waals surface area contributed by atoms with Crippen LogP contribution in [0.3, 0.4) is 0 Å². The summed E-state index contributed by atoms with van der Waals surface area (Å²) in [6, 6.07) is 0. The third-order valence-electron chi connectivity index (χ3n) is 1.74. The molecule has 0 radical (unpaired) electrons. The monoisotopic (exact) mass is 132 g/mol. The van der Waals surface area contributed by atoms with Crippen LogP contribution in [0.1, 0.15) is 26.2 Å². The molecule has 0 spiro atoms.